The number of aromatic hydroxyl groups is 1. The van der Waals surface area contributed by atoms with E-state index in [-0.39, 0.29) is 11.3 Å². The van der Waals surface area contributed by atoms with Crippen molar-refractivity contribution in [2.24, 2.45) is 0 Å². The molecular formula is C14H10ClN3O2. The van der Waals surface area contributed by atoms with Crippen molar-refractivity contribution in [2.75, 3.05) is 0 Å². The molecule has 0 radical (unpaired) electrons. The number of H-pyrrole nitrogens is 1. The van der Waals surface area contributed by atoms with Crippen molar-refractivity contribution in [1.29, 1.82) is 0 Å². The topological polar surface area (TPSA) is 70.9 Å². The van der Waals surface area contributed by atoms with Crippen molar-refractivity contribution in [1.82, 2.24) is 14.8 Å². The average Bonchev–Trinajstić information content (AvgIpc) is 2.82. The Balaban J connectivity index is 2.10. The Hall–Kier alpha value is -2.53. The van der Waals surface area contributed by atoms with Gasteiger partial charge in [0.15, 0.2) is 5.82 Å². The summed E-state index contributed by atoms with van der Waals surface area (Å²) in [7, 11) is 0. The molecule has 100 valence electrons. The maximum Gasteiger partial charge on any atom is 0.273 e. The highest BCUT2D eigenvalue weighted by molar-refractivity contribution is 6.30. The van der Waals surface area contributed by atoms with E-state index >= 15 is 0 Å². The van der Waals surface area contributed by atoms with Crippen molar-refractivity contribution in [2.45, 2.75) is 0 Å². The van der Waals surface area contributed by atoms with Crippen LogP contribution in [0.3, 0.4) is 0 Å². The molecule has 3 rings (SSSR count). The summed E-state index contributed by atoms with van der Waals surface area (Å²) in [5.74, 6) is 0.533. The Labute approximate surface area is 119 Å². The maximum absolute atomic E-state index is 12.0. The highest BCUT2D eigenvalue weighted by Crippen LogP contribution is 2.26. The Morgan fingerprint density at radius 3 is 2.70 bits per heavy atom. The lowest BCUT2D eigenvalue weighted by Crippen LogP contribution is -2.14. The molecule has 5 nitrogen and oxygen atoms in total. The van der Waals surface area contributed by atoms with Crippen LogP contribution < -0.4 is 5.56 Å². The van der Waals surface area contributed by atoms with E-state index in [2.05, 4.69) is 10.1 Å². The van der Waals surface area contributed by atoms with Gasteiger partial charge in [0.05, 0.1) is 10.7 Å². The molecule has 0 amide bonds. The van der Waals surface area contributed by atoms with Gasteiger partial charge in [-0.1, -0.05) is 23.7 Å². The van der Waals surface area contributed by atoms with Crippen LogP contribution in [0.5, 0.6) is 5.75 Å². The van der Waals surface area contributed by atoms with E-state index in [0.29, 0.717) is 22.1 Å². The summed E-state index contributed by atoms with van der Waals surface area (Å²) < 4.78 is 1.29. The normalized spacial score (nSPS) is 10.7. The molecule has 0 unspecified atom stereocenters. The third-order valence-electron chi connectivity index (χ3n) is 2.86. The van der Waals surface area contributed by atoms with E-state index in [1.165, 1.54) is 16.9 Å². The number of aromatic nitrogens is 3. The minimum absolute atomic E-state index is 0.102. The lowest BCUT2D eigenvalue weighted by molar-refractivity contribution is 0.477. The van der Waals surface area contributed by atoms with Crippen molar-refractivity contribution >= 4 is 11.6 Å². The molecule has 0 bridgehead atoms. The van der Waals surface area contributed by atoms with Crippen molar-refractivity contribution in [3.8, 4) is 22.8 Å². The number of rotatable bonds is 2. The molecule has 3 aromatic rings. The predicted molar refractivity (Wildman–Crippen MR) is 76.3 cm³/mol. The highest BCUT2D eigenvalue weighted by Gasteiger charge is 2.10. The first-order valence-electron chi connectivity index (χ1n) is 5.87. The van der Waals surface area contributed by atoms with Crippen LogP contribution in [0.15, 0.2) is 53.5 Å². The molecule has 2 N–H and O–H groups in total. The van der Waals surface area contributed by atoms with Gasteiger partial charge in [-0.2, -0.15) is 0 Å². The molecule has 0 aliphatic rings. The van der Waals surface area contributed by atoms with E-state index < -0.39 is 0 Å². The lowest BCUT2D eigenvalue weighted by atomic mass is 10.1. The molecule has 0 saturated carbocycles. The number of para-hydroxylation sites is 1. The molecule has 1 aromatic carbocycles. The van der Waals surface area contributed by atoms with Gasteiger partial charge in [-0.3, -0.25) is 9.89 Å². The molecule has 0 saturated heterocycles. The quantitative estimate of drug-likeness (QED) is 0.761. The Morgan fingerprint density at radius 1 is 1.20 bits per heavy atom. The lowest BCUT2D eigenvalue weighted by Gasteiger charge is -2.02. The number of hydrogen-bond acceptors (Lipinski definition) is 3. The third-order valence-corrected chi connectivity index (χ3v) is 3.08. The molecular weight excluding hydrogens is 278 g/mol. The standard InChI is InChI=1S/C14H10ClN3O2/c15-9-5-6-13(16-8-9)18-14(20)7-11(17-18)10-3-1-2-4-12(10)19/h1-8,17,19H. The summed E-state index contributed by atoms with van der Waals surface area (Å²) in [6, 6.07) is 11.5. The third kappa shape index (κ3) is 2.19. The summed E-state index contributed by atoms with van der Waals surface area (Å²) >= 11 is 5.77. The van der Waals surface area contributed by atoms with Crippen molar-refractivity contribution < 1.29 is 5.11 Å². The summed E-state index contributed by atoms with van der Waals surface area (Å²) in [4.78, 5) is 16.1. The fraction of sp³-hybridized carbons (Fsp3) is 0. The SMILES string of the molecule is O=c1cc(-c2ccccc2O)[nH]n1-c1ccc(Cl)cn1. The van der Waals surface area contributed by atoms with E-state index in [1.807, 2.05) is 0 Å². The molecule has 2 heterocycles. The first-order valence-corrected chi connectivity index (χ1v) is 6.25. The monoisotopic (exact) mass is 287 g/mol. The average molecular weight is 288 g/mol. The van der Waals surface area contributed by atoms with E-state index in [1.54, 1.807) is 36.4 Å². The van der Waals surface area contributed by atoms with Crippen LogP contribution in [0.25, 0.3) is 17.1 Å². The minimum Gasteiger partial charge on any atom is -0.507 e. The van der Waals surface area contributed by atoms with Crippen LogP contribution in [0, 0.1) is 0 Å². The molecule has 20 heavy (non-hydrogen) atoms. The Kier molecular flexibility index (Phi) is 3.04. The number of benzene rings is 1. The van der Waals surface area contributed by atoms with Gasteiger partial charge in [0.1, 0.15) is 5.75 Å². The number of phenols is 1. The fourth-order valence-electron chi connectivity index (χ4n) is 1.91. The van der Waals surface area contributed by atoms with Crippen LogP contribution in [0.2, 0.25) is 5.02 Å². The maximum atomic E-state index is 12.0. The van der Waals surface area contributed by atoms with E-state index in [4.69, 9.17) is 11.6 Å². The minimum atomic E-state index is -0.266. The molecule has 2 aromatic heterocycles. The predicted octanol–water partition coefficient (Wildman–Crippen LogP) is 2.59. The van der Waals surface area contributed by atoms with Gasteiger partial charge in [0, 0.05) is 17.8 Å². The molecule has 0 aliphatic heterocycles. The largest absolute Gasteiger partial charge is 0.507 e. The zero-order valence-electron chi connectivity index (χ0n) is 10.2. The van der Waals surface area contributed by atoms with Gasteiger partial charge in [0.2, 0.25) is 0 Å². The smallest absolute Gasteiger partial charge is 0.273 e. The molecule has 0 fully saturated rings. The highest BCUT2D eigenvalue weighted by atomic mass is 35.5. The van der Waals surface area contributed by atoms with Gasteiger partial charge in [-0.15, -0.1) is 0 Å². The summed E-state index contributed by atoms with van der Waals surface area (Å²) in [6.45, 7) is 0. The second kappa shape index (κ2) is 4.86. The first kappa shape index (κ1) is 12.5. The number of nitrogens with zero attached hydrogens (tertiary/aromatic N) is 2. The number of nitrogens with one attached hydrogen (secondary N) is 1. The van der Waals surface area contributed by atoms with E-state index in [9.17, 15) is 9.90 Å². The first-order chi connectivity index (χ1) is 9.65. The summed E-state index contributed by atoms with van der Waals surface area (Å²) in [6.07, 6.45) is 1.46. The summed E-state index contributed by atoms with van der Waals surface area (Å²) in [5, 5.41) is 13.2. The zero-order chi connectivity index (χ0) is 14.1. The van der Waals surface area contributed by atoms with Crippen LogP contribution in [-0.4, -0.2) is 19.9 Å². The molecule has 0 atom stereocenters. The van der Waals surface area contributed by atoms with Crippen LogP contribution in [-0.2, 0) is 0 Å². The fourth-order valence-corrected chi connectivity index (χ4v) is 2.02. The number of phenolic OH excluding ortho intramolecular Hbond substituents is 1. The van der Waals surface area contributed by atoms with Crippen molar-refractivity contribution in [3.05, 3.63) is 64.0 Å². The Bertz CT molecular complexity index is 806. The second-order valence-corrected chi connectivity index (χ2v) is 4.63. The number of pyridine rings is 1. The molecule has 0 aliphatic carbocycles. The van der Waals surface area contributed by atoms with Gasteiger partial charge in [-0.25, -0.2) is 9.67 Å². The molecule has 6 heteroatoms. The van der Waals surface area contributed by atoms with Crippen LogP contribution >= 0.6 is 11.6 Å². The van der Waals surface area contributed by atoms with Crippen molar-refractivity contribution in [3.63, 3.8) is 0 Å². The number of aromatic amines is 1. The van der Waals surface area contributed by atoms with Gasteiger partial charge < -0.3 is 5.11 Å². The van der Waals surface area contributed by atoms with Crippen LogP contribution in [0.4, 0.5) is 0 Å². The van der Waals surface area contributed by atoms with Gasteiger partial charge in [0.25, 0.3) is 5.56 Å². The second-order valence-electron chi connectivity index (χ2n) is 4.20. The number of hydrogen-bond donors (Lipinski definition) is 2. The van der Waals surface area contributed by atoms with E-state index in [0.717, 1.165) is 0 Å². The zero-order valence-corrected chi connectivity index (χ0v) is 11.0. The van der Waals surface area contributed by atoms with Crippen LogP contribution in [0.1, 0.15) is 0 Å². The van der Waals surface area contributed by atoms with Gasteiger partial charge in [-0.05, 0) is 24.3 Å². The van der Waals surface area contributed by atoms with Gasteiger partial charge >= 0.3 is 0 Å². The molecule has 0 spiro atoms. The number of halogens is 1. The summed E-state index contributed by atoms with van der Waals surface area (Å²) in [5.41, 5.74) is 0.806. The Morgan fingerprint density at radius 2 is 2.00 bits per heavy atom.